The first-order chi connectivity index (χ1) is 9.90. The summed E-state index contributed by atoms with van der Waals surface area (Å²) in [6.07, 6.45) is 9.03. The quantitative estimate of drug-likeness (QED) is 0.753. The number of aromatic nitrogens is 2. The van der Waals surface area contributed by atoms with Crippen LogP contribution in [0.15, 0.2) is 12.4 Å². The maximum atomic E-state index is 11.3. The Kier molecular flexibility index (Phi) is 5.16. The number of rotatable bonds is 7. The van der Waals surface area contributed by atoms with E-state index in [0.717, 1.165) is 0 Å². The molecular formula is C14H22N2O4S. The Morgan fingerprint density at radius 1 is 1.52 bits per heavy atom. The molecule has 118 valence electrons. The van der Waals surface area contributed by atoms with Crippen molar-refractivity contribution in [3.8, 4) is 0 Å². The summed E-state index contributed by atoms with van der Waals surface area (Å²) >= 11 is -2.12. The molecule has 1 aromatic heterocycles. The van der Waals surface area contributed by atoms with Gasteiger partial charge in [-0.05, 0) is 37.7 Å². The predicted molar refractivity (Wildman–Crippen MR) is 79.4 cm³/mol. The van der Waals surface area contributed by atoms with E-state index < -0.39 is 22.5 Å². The van der Waals surface area contributed by atoms with Crippen LogP contribution in [0.25, 0.3) is 0 Å². The molecular weight excluding hydrogens is 292 g/mol. The highest BCUT2D eigenvalue weighted by Gasteiger charge is 2.35. The molecule has 0 radical (unpaired) electrons. The molecule has 0 saturated heterocycles. The lowest BCUT2D eigenvalue weighted by molar-refractivity contribution is -0.147. The van der Waals surface area contributed by atoms with E-state index in [4.69, 9.17) is 4.55 Å². The van der Waals surface area contributed by atoms with Crippen LogP contribution in [0.1, 0.15) is 50.5 Å². The molecule has 1 unspecified atom stereocenters. The molecule has 0 bridgehead atoms. The third kappa shape index (κ3) is 4.14. The minimum absolute atomic E-state index is 0.265. The van der Waals surface area contributed by atoms with E-state index in [1.165, 1.54) is 38.2 Å². The molecule has 1 heterocycles. The second-order valence-electron chi connectivity index (χ2n) is 6.10. The molecule has 21 heavy (non-hydrogen) atoms. The molecule has 6 nitrogen and oxygen atoms in total. The average molecular weight is 314 g/mol. The molecule has 1 aliphatic rings. The molecule has 7 heteroatoms. The Balaban J connectivity index is 1.97. The number of hydrogen-bond donors (Lipinski definition) is 2. The Bertz CT molecular complexity index is 525. The van der Waals surface area contributed by atoms with Crippen LogP contribution in [0.2, 0.25) is 0 Å². The molecule has 2 rings (SSSR count). The number of carboxylic acids is 1. The highest BCUT2D eigenvalue weighted by atomic mass is 32.2. The zero-order valence-corrected chi connectivity index (χ0v) is 13.0. The van der Waals surface area contributed by atoms with Gasteiger partial charge < -0.3 is 9.66 Å². The molecule has 1 fully saturated rings. The summed E-state index contributed by atoms with van der Waals surface area (Å²) < 4.78 is 21.6. The Hall–Kier alpha value is -1.21. The SMILES string of the molecule is C[C@](CCn1cc(C2CCCC2)cn1)(CS(=O)O)C(=O)O. The van der Waals surface area contributed by atoms with Gasteiger partial charge in [0.1, 0.15) is 0 Å². The summed E-state index contributed by atoms with van der Waals surface area (Å²) in [5.74, 6) is -0.735. The normalized spacial score (nSPS) is 20.3. The summed E-state index contributed by atoms with van der Waals surface area (Å²) in [6, 6.07) is 0. The van der Waals surface area contributed by atoms with Crippen molar-refractivity contribution in [3.63, 3.8) is 0 Å². The highest BCUT2D eigenvalue weighted by Crippen LogP contribution is 2.33. The van der Waals surface area contributed by atoms with Gasteiger partial charge in [0, 0.05) is 12.7 Å². The Labute approximate surface area is 126 Å². The van der Waals surface area contributed by atoms with Gasteiger partial charge >= 0.3 is 5.97 Å². The maximum absolute atomic E-state index is 11.3. The minimum Gasteiger partial charge on any atom is -0.481 e. The van der Waals surface area contributed by atoms with Crippen molar-refractivity contribution < 1.29 is 18.7 Å². The lowest BCUT2D eigenvalue weighted by atomic mass is 9.89. The van der Waals surface area contributed by atoms with Gasteiger partial charge in [-0.1, -0.05) is 12.8 Å². The highest BCUT2D eigenvalue weighted by molar-refractivity contribution is 7.79. The van der Waals surface area contributed by atoms with Crippen LogP contribution in [0, 0.1) is 5.41 Å². The monoisotopic (exact) mass is 314 g/mol. The predicted octanol–water partition coefficient (Wildman–Crippen LogP) is 2.24. The van der Waals surface area contributed by atoms with Gasteiger partial charge in [0.05, 0.1) is 17.4 Å². The first kappa shape index (κ1) is 16.2. The number of nitrogens with zero attached hydrogens (tertiary/aromatic N) is 2. The van der Waals surface area contributed by atoms with E-state index in [-0.39, 0.29) is 12.2 Å². The van der Waals surface area contributed by atoms with Crippen molar-refractivity contribution in [2.45, 2.75) is 51.5 Å². The summed E-state index contributed by atoms with van der Waals surface area (Å²) in [7, 11) is 0. The molecule has 0 aromatic carbocycles. The van der Waals surface area contributed by atoms with Gasteiger partial charge in [-0.25, -0.2) is 4.21 Å². The number of carboxylic acid groups (broad SMARTS) is 1. The number of aliphatic carboxylic acids is 1. The van der Waals surface area contributed by atoms with Crippen LogP contribution in [0.5, 0.6) is 0 Å². The van der Waals surface area contributed by atoms with Gasteiger partial charge in [-0.3, -0.25) is 9.48 Å². The van der Waals surface area contributed by atoms with Gasteiger partial charge in [0.15, 0.2) is 11.1 Å². The van der Waals surface area contributed by atoms with E-state index >= 15 is 0 Å². The zero-order chi connectivity index (χ0) is 15.5. The van der Waals surface area contributed by atoms with E-state index in [2.05, 4.69) is 5.10 Å². The Morgan fingerprint density at radius 2 is 2.19 bits per heavy atom. The largest absolute Gasteiger partial charge is 0.481 e. The smallest absolute Gasteiger partial charge is 0.310 e. The molecule has 1 aliphatic carbocycles. The molecule has 0 spiro atoms. The molecule has 2 N–H and O–H groups in total. The molecule has 2 atom stereocenters. The fourth-order valence-corrected chi connectivity index (χ4v) is 3.66. The van der Waals surface area contributed by atoms with Crippen molar-refractivity contribution in [1.29, 1.82) is 0 Å². The summed E-state index contributed by atoms with van der Waals surface area (Å²) in [4.78, 5) is 11.3. The zero-order valence-electron chi connectivity index (χ0n) is 12.2. The molecule has 1 aromatic rings. The van der Waals surface area contributed by atoms with Gasteiger partial charge in [-0.15, -0.1) is 0 Å². The van der Waals surface area contributed by atoms with E-state index in [1.807, 2.05) is 12.4 Å². The van der Waals surface area contributed by atoms with Crippen molar-refractivity contribution in [1.82, 2.24) is 9.78 Å². The van der Waals surface area contributed by atoms with E-state index in [9.17, 15) is 14.1 Å². The summed E-state index contributed by atoms with van der Waals surface area (Å²) in [5.41, 5.74) is 0.00859. The fraction of sp³-hybridized carbons (Fsp3) is 0.714. The van der Waals surface area contributed by atoms with Crippen LogP contribution in [0.3, 0.4) is 0 Å². The Morgan fingerprint density at radius 3 is 2.76 bits per heavy atom. The third-order valence-corrected chi connectivity index (χ3v) is 5.21. The fourth-order valence-electron chi connectivity index (χ4n) is 2.85. The summed E-state index contributed by atoms with van der Waals surface area (Å²) in [5, 5.41) is 13.5. The second-order valence-corrected chi connectivity index (χ2v) is 7.03. The first-order valence-electron chi connectivity index (χ1n) is 7.24. The van der Waals surface area contributed by atoms with Crippen molar-refractivity contribution >= 4 is 17.0 Å². The second kappa shape index (κ2) is 6.70. The lowest BCUT2D eigenvalue weighted by Gasteiger charge is -2.22. The number of hydrogen-bond acceptors (Lipinski definition) is 3. The van der Waals surface area contributed by atoms with Crippen LogP contribution in [-0.4, -0.2) is 35.4 Å². The number of carbonyl (C=O) groups is 1. The molecule has 1 saturated carbocycles. The van der Waals surface area contributed by atoms with Crippen LogP contribution >= 0.6 is 0 Å². The van der Waals surface area contributed by atoms with E-state index in [0.29, 0.717) is 12.5 Å². The molecule has 0 amide bonds. The van der Waals surface area contributed by atoms with Crippen molar-refractivity contribution in [2.24, 2.45) is 5.41 Å². The van der Waals surface area contributed by atoms with Gasteiger partial charge in [0.25, 0.3) is 0 Å². The van der Waals surface area contributed by atoms with Gasteiger partial charge in [-0.2, -0.15) is 5.10 Å². The number of aryl methyl sites for hydroxylation is 1. The van der Waals surface area contributed by atoms with Crippen LogP contribution in [0.4, 0.5) is 0 Å². The van der Waals surface area contributed by atoms with Crippen LogP contribution < -0.4 is 0 Å². The average Bonchev–Trinajstić information content (AvgIpc) is 3.06. The van der Waals surface area contributed by atoms with Gasteiger partial charge in [0.2, 0.25) is 0 Å². The topological polar surface area (TPSA) is 92.4 Å². The van der Waals surface area contributed by atoms with Crippen molar-refractivity contribution in [2.75, 3.05) is 5.75 Å². The first-order valence-corrected chi connectivity index (χ1v) is 8.51. The lowest BCUT2D eigenvalue weighted by Crippen LogP contribution is -2.34. The third-order valence-electron chi connectivity index (χ3n) is 4.33. The van der Waals surface area contributed by atoms with Crippen molar-refractivity contribution in [3.05, 3.63) is 18.0 Å². The van der Waals surface area contributed by atoms with Crippen LogP contribution in [-0.2, 0) is 22.4 Å². The minimum atomic E-state index is -2.12. The summed E-state index contributed by atoms with van der Waals surface area (Å²) in [6.45, 7) is 1.94. The molecule has 0 aliphatic heterocycles. The van der Waals surface area contributed by atoms with E-state index in [1.54, 1.807) is 4.68 Å². The standard InChI is InChI=1S/C14H22N2O4S/c1-14(13(17)18,10-21(19)20)6-7-16-9-12(8-15-16)11-4-2-3-5-11/h8-9,11H,2-7,10H2,1H3,(H,17,18)(H,19,20)/t14-/m0/s1. The maximum Gasteiger partial charge on any atom is 0.310 e.